The molecule has 0 amide bonds. The van der Waals surface area contributed by atoms with Gasteiger partial charge in [-0.1, -0.05) is 12.1 Å². The van der Waals surface area contributed by atoms with Crippen molar-refractivity contribution in [2.45, 2.75) is 6.18 Å². The van der Waals surface area contributed by atoms with Gasteiger partial charge in [0.25, 0.3) is 0 Å². The van der Waals surface area contributed by atoms with Gasteiger partial charge in [0, 0.05) is 0 Å². The molecule has 75 valence electrons. The maximum absolute atomic E-state index is 12.3. The molecule has 0 fully saturated rings. The molecule has 0 bridgehead atoms. The Morgan fingerprint density at radius 2 is 1.93 bits per heavy atom. The molecule has 0 heterocycles. The molecule has 0 unspecified atom stereocenters. The van der Waals surface area contributed by atoms with Crippen molar-refractivity contribution in [3.05, 3.63) is 29.8 Å². The Hall–Kier alpha value is -1.52. The van der Waals surface area contributed by atoms with Crippen LogP contribution >= 0.6 is 0 Å². The van der Waals surface area contributed by atoms with E-state index in [2.05, 4.69) is 4.74 Å². The van der Waals surface area contributed by atoms with Gasteiger partial charge in [-0.05, 0) is 12.1 Å². The van der Waals surface area contributed by atoms with E-state index >= 15 is 0 Å². The number of benzene rings is 1. The van der Waals surface area contributed by atoms with E-state index in [9.17, 15) is 18.0 Å². The zero-order chi connectivity index (χ0) is 10.6. The molecule has 0 atom stereocenters. The molecule has 1 aromatic carbocycles. The second kappa shape index (κ2) is 4.13. The lowest BCUT2D eigenvalue weighted by Gasteiger charge is -2.11. The molecule has 1 rings (SSSR count). The lowest BCUT2D eigenvalue weighted by atomic mass is 10.2. The van der Waals surface area contributed by atoms with Crippen molar-refractivity contribution >= 4 is 6.29 Å². The molecule has 0 saturated carbocycles. The van der Waals surface area contributed by atoms with Gasteiger partial charge in [0.05, 0.1) is 5.56 Å². The number of rotatable bonds is 3. The maximum atomic E-state index is 12.3. The minimum absolute atomic E-state index is 0.358. The molecule has 1 aromatic rings. The number of para-hydroxylation sites is 1. The fourth-order valence-electron chi connectivity index (χ4n) is 0.934. The topological polar surface area (TPSA) is 26.3 Å². The lowest BCUT2D eigenvalue weighted by molar-refractivity contribution is -0.138. The SMILES string of the molecule is O=[C]COc1ccccc1C(F)(F)F. The Morgan fingerprint density at radius 1 is 1.29 bits per heavy atom. The summed E-state index contributed by atoms with van der Waals surface area (Å²) < 4.78 is 41.5. The van der Waals surface area contributed by atoms with E-state index in [1.165, 1.54) is 18.4 Å². The molecule has 5 heteroatoms. The highest BCUT2D eigenvalue weighted by atomic mass is 19.4. The molecule has 14 heavy (non-hydrogen) atoms. The number of hydrogen-bond acceptors (Lipinski definition) is 2. The monoisotopic (exact) mass is 203 g/mol. The Morgan fingerprint density at radius 3 is 2.50 bits per heavy atom. The number of ether oxygens (including phenoxy) is 1. The molecule has 0 aromatic heterocycles. The summed E-state index contributed by atoms with van der Waals surface area (Å²) in [6, 6.07) is 4.69. The first-order valence-corrected chi connectivity index (χ1v) is 3.69. The number of halogens is 3. The van der Waals surface area contributed by atoms with Crippen molar-refractivity contribution in [1.82, 2.24) is 0 Å². The van der Waals surface area contributed by atoms with E-state index in [0.29, 0.717) is 0 Å². The zero-order valence-corrected chi connectivity index (χ0v) is 6.97. The van der Waals surface area contributed by atoms with E-state index < -0.39 is 18.3 Å². The molecule has 0 spiro atoms. The number of alkyl halides is 3. The predicted octanol–water partition coefficient (Wildman–Crippen LogP) is 2.19. The van der Waals surface area contributed by atoms with Crippen LogP contribution in [0.1, 0.15) is 5.56 Å². The van der Waals surface area contributed by atoms with Crippen LogP contribution in [-0.4, -0.2) is 12.9 Å². The first-order chi connectivity index (χ1) is 6.55. The van der Waals surface area contributed by atoms with Gasteiger partial charge in [-0.25, -0.2) is 0 Å². The van der Waals surface area contributed by atoms with Crippen LogP contribution in [0.4, 0.5) is 13.2 Å². The van der Waals surface area contributed by atoms with Gasteiger partial charge < -0.3 is 4.74 Å². The minimum atomic E-state index is -4.47. The van der Waals surface area contributed by atoms with Crippen LogP contribution in [0.3, 0.4) is 0 Å². The van der Waals surface area contributed by atoms with E-state index in [1.54, 1.807) is 0 Å². The third kappa shape index (κ3) is 2.48. The Bertz CT molecular complexity index is 320. The van der Waals surface area contributed by atoms with Gasteiger partial charge >= 0.3 is 6.18 Å². The quantitative estimate of drug-likeness (QED) is 0.752. The van der Waals surface area contributed by atoms with Crippen LogP contribution in [0.5, 0.6) is 5.75 Å². The van der Waals surface area contributed by atoms with Crippen LogP contribution in [0.25, 0.3) is 0 Å². The van der Waals surface area contributed by atoms with Crippen molar-refractivity contribution in [3.63, 3.8) is 0 Å². The molecule has 0 aliphatic rings. The van der Waals surface area contributed by atoms with Gasteiger partial charge in [0.15, 0.2) is 6.61 Å². The second-order valence-electron chi connectivity index (χ2n) is 2.43. The number of carbonyl (C=O) groups excluding carboxylic acids is 1. The van der Waals surface area contributed by atoms with Gasteiger partial charge in [-0.15, -0.1) is 0 Å². The summed E-state index contributed by atoms with van der Waals surface area (Å²) in [6.07, 6.45) is -3.12. The molecule has 1 radical (unpaired) electrons. The fraction of sp³-hybridized carbons (Fsp3) is 0.222. The fourth-order valence-corrected chi connectivity index (χ4v) is 0.934. The standard InChI is InChI=1S/C9H6F3O2/c10-9(11,12)7-3-1-2-4-8(7)14-6-5-13/h1-4H,6H2. The van der Waals surface area contributed by atoms with Crippen molar-refractivity contribution in [3.8, 4) is 5.75 Å². The summed E-state index contributed by atoms with van der Waals surface area (Å²) in [4.78, 5) is 9.81. The summed E-state index contributed by atoms with van der Waals surface area (Å²) in [6.45, 7) is -0.507. The molecular weight excluding hydrogens is 197 g/mol. The highest BCUT2D eigenvalue weighted by Gasteiger charge is 2.33. The highest BCUT2D eigenvalue weighted by molar-refractivity contribution is 5.52. The smallest absolute Gasteiger partial charge is 0.419 e. The van der Waals surface area contributed by atoms with Crippen molar-refractivity contribution in [2.75, 3.05) is 6.61 Å². The predicted molar refractivity (Wildman–Crippen MR) is 42.6 cm³/mol. The third-order valence-corrected chi connectivity index (χ3v) is 1.48. The van der Waals surface area contributed by atoms with E-state index in [4.69, 9.17) is 0 Å². The molecule has 2 nitrogen and oxygen atoms in total. The maximum Gasteiger partial charge on any atom is 0.419 e. The molecule has 0 saturated heterocycles. The average molecular weight is 203 g/mol. The van der Waals surface area contributed by atoms with Crippen LogP contribution in [0, 0.1) is 0 Å². The average Bonchev–Trinajstić information content (AvgIpc) is 2.14. The van der Waals surface area contributed by atoms with Crippen molar-refractivity contribution < 1.29 is 22.7 Å². The third-order valence-electron chi connectivity index (χ3n) is 1.48. The Kier molecular flexibility index (Phi) is 3.11. The van der Waals surface area contributed by atoms with Crippen molar-refractivity contribution in [2.24, 2.45) is 0 Å². The molecular formula is C9H6F3O2. The van der Waals surface area contributed by atoms with E-state index in [1.807, 2.05) is 0 Å². The summed E-state index contributed by atoms with van der Waals surface area (Å²) >= 11 is 0. The Labute approximate surface area is 78.3 Å². The van der Waals surface area contributed by atoms with Gasteiger partial charge in [-0.2, -0.15) is 13.2 Å². The summed E-state index contributed by atoms with van der Waals surface area (Å²) in [5.41, 5.74) is -0.893. The first kappa shape index (κ1) is 10.6. The van der Waals surface area contributed by atoms with Crippen LogP contribution in [0.2, 0.25) is 0 Å². The van der Waals surface area contributed by atoms with Gasteiger partial charge in [0.1, 0.15) is 5.75 Å². The zero-order valence-electron chi connectivity index (χ0n) is 6.97. The molecule has 0 aliphatic heterocycles. The first-order valence-electron chi connectivity index (χ1n) is 3.69. The van der Waals surface area contributed by atoms with Crippen LogP contribution in [0.15, 0.2) is 24.3 Å². The van der Waals surface area contributed by atoms with Crippen LogP contribution < -0.4 is 4.74 Å². The number of hydrogen-bond donors (Lipinski definition) is 0. The lowest BCUT2D eigenvalue weighted by Crippen LogP contribution is -2.09. The highest BCUT2D eigenvalue weighted by Crippen LogP contribution is 2.35. The molecule has 0 N–H and O–H groups in total. The normalized spacial score (nSPS) is 11.1. The largest absolute Gasteiger partial charge is 0.485 e. The van der Waals surface area contributed by atoms with Gasteiger partial charge in [-0.3, -0.25) is 4.79 Å². The summed E-state index contributed by atoms with van der Waals surface area (Å²) in [5, 5.41) is 0. The molecule has 0 aliphatic carbocycles. The summed E-state index contributed by atoms with van der Waals surface area (Å²) in [5.74, 6) is -0.358. The van der Waals surface area contributed by atoms with E-state index in [-0.39, 0.29) is 5.75 Å². The van der Waals surface area contributed by atoms with Crippen LogP contribution in [-0.2, 0) is 11.0 Å². The summed E-state index contributed by atoms with van der Waals surface area (Å²) in [7, 11) is 0. The minimum Gasteiger partial charge on any atom is -0.485 e. The van der Waals surface area contributed by atoms with Gasteiger partial charge in [0.2, 0.25) is 6.29 Å². The van der Waals surface area contributed by atoms with E-state index in [0.717, 1.165) is 12.1 Å². The Balaban J connectivity index is 2.97. The second-order valence-corrected chi connectivity index (χ2v) is 2.43. The van der Waals surface area contributed by atoms with Crippen molar-refractivity contribution in [1.29, 1.82) is 0 Å².